The molecule has 31 heavy (non-hydrogen) atoms. The molecule has 1 aliphatic rings. The third kappa shape index (κ3) is 3.88. The van der Waals surface area contributed by atoms with E-state index in [9.17, 15) is 9.59 Å². The second-order valence-corrected chi connectivity index (χ2v) is 9.04. The standard InChI is InChI=1S/C23H22N2O4S2/c1-5-29-22(27)19-14(3)24-23-25(20(19)17-7-6-10-30-17)21(26)18(31-23)12-15-9-8-13(2)16(11-15)28-4/h6-12,20H,5H2,1-4H3/b18-12-/t20-/m1/s1. The van der Waals surface area contributed by atoms with Crippen LogP contribution in [-0.4, -0.2) is 24.3 Å². The van der Waals surface area contributed by atoms with Crippen LogP contribution in [0.3, 0.4) is 0 Å². The van der Waals surface area contributed by atoms with E-state index in [1.807, 2.05) is 48.7 Å². The highest BCUT2D eigenvalue weighted by Gasteiger charge is 2.33. The third-order valence-electron chi connectivity index (χ3n) is 5.06. The van der Waals surface area contributed by atoms with Crippen LogP contribution < -0.4 is 19.6 Å². The monoisotopic (exact) mass is 454 g/mol. The highest BCUT2D eigenvalue weighted by Crippen LogP contribution is 2.33. The number of aromatic nitrogens is 1. The second kappa shape index (κ2) is 8.64. The predicted octanol–water partition coefficient (Wildman–Crippen LogP) is 3.18. The fourth-order valence-corrected chi connectivity index (χ4v) is 5.46. The summed E-state index contributed by atoms with van der Waals surface area (Å²) in [6.07, 6.45) is 1.83. The minimum absolute atomic E-state index is 0.184. The number of allylic oxidation sites excluding steroid dienone is 1. The summed E-state index contributed by atoms with van der Waals surface area (Å²) in [5.41, 5.74) is 2.67. The molecule has 160 valence electrons. The summed E-state index contributed by atoms with van der Waals surface area (Å²) in [6, 6.07) is 9.09. The Morgan fingerprint density at radius 2 is 2.10 bits per heavy atom. The van der Waals surface area contributed by atoms with Gasteiger partial charge < -0.3 is 9.47 Å². The molecule has 0 saturated heterocycles. The van der Waals surface area contributed by atoms with Gasteiger partial charge in [0.2, 0.25) is 0 Å². The number of ether oxygens (including phenoxy) is 2. The molecule has 0 spiro atoms. The van der Waals surface area contributed by atoms with Crippen molar-refractivity contribution in [3.63, 3.8) is 0 Å². The van der Waals surface area contributed by atoms with Crippen LogP contribution in [0, 0.1) is 6.92 Å². The lowest BCUT2D eigenvalue weighted by Gasteiger charge is -2.23. The van der Waals surface area contributed by atoms with Crippen molar-refractivity contribution < 1.29 is 14.3 Å². The van der Waals surface area contributed by atoms with Gasteiger partial charge in [-0.2, -0.15) is 0 Å². The third-order valence-corrected chi connectivity index (χ3v) is 6.97. The minimum atomic E-state index is -0.551. The maximum atomic E-state index is 13.5. The van der Waals surface area contributed by atoms with Gasteiger partial charge in [0, 0.05) is 4.88 Å². The van der Waals surface area contributed by atoms with Gasteiger partial charge in [-0.25, -0.2) is 9.79 Å². The van der Waals surface area contributed by atoms with E-state index in [4.69, 9.17) is 9.47 Å². The molecule has 0 fully saturated rings. The molecule has 0 unspecified atom stereocenters. The van der Waals surface area contributed by atoms with Crippen LogP contribution in [0.1, 0.15) is 35.9 Å². The van der Waals surface area contributed by atoms with Crippen LogP contribution in [0.2, 0.25) is 0 Å². The van der Waals surface area contributed by atoms with E-state index in [-0.39, 0.29) is 12.2 Å². The molecule has 1 aromatic carbocycles. The Bertz CT molecular complexity index is 1350. The molecule has 1 aliphatic heterocycles. The summed E-state index contributed by atoms with van der Waals surface area (Å²) in [4.78, 5) is 32.3. The summed E-state index contributed by atoms with van der Waals surface area (Å²) >= 11 is 2.81. The molecule has 6 nitrogen and oxygen atoms in total. The Morgan fingerprint density at radius 3 is 2.77 bits per heavy atom. The molecule has 4 rings (SSSR count). The van der Waals surface area contributed by atoms with Crippen molar-refractivity contribution in [1.82, 2.24) is 4.57 Å². The van der Waals surface area contributed by atoms with Gasteiger partial charge in [0.1, 0.15) is 11.8 Å². The van der Waals surface area contributed by atoms with Gasteiger partial charge in [-0.1, -0.05) is 29.5 Å². The molecule has 3 aromatic rings. The summed E-state index contributed by atoms with van der Waals surface area (Å²) in [6.45, 7) is 5.78. The van der Waals surface area contributed by atoms with Crippen LogP contribution in [0.4, 0.5) is 0 Å². The van der Waals surface area contributed by atoms with Crippen LogP contribution in [-0.2, 0) is 9.53 Å². The van der Waals surface area contributed by atoms with Crippen molar-refractivity contribution in [2.45, 2.75) is 26.8 Å². The number of nitrogens with zero attached hydrogens (tertiary/aromatic N) is 2. The van der Waals surface area contributed by atoms with Crippen molar-refractivity contribution in [2.24, 2.45) is 4.99 Å². The zero-order valence-corrected chi connectivity index (χ0v) is 19.3. The second-order valence-electron chi connectivity index (χ2n) is 7.05. The van der Waals surface area contributed by atoms with E-state index in [0.717, 1.165) is 21.8 Å². The number of thiophene rings is 1. The number of thiazole rings is 1. The van der Waals surface area contributed by atoms with Crippen molar-refractivity contribution in [3.05, 3.63) is 82.7 Å². The Kier molecular flexibility index (Phi) is 5.93. The zero-order valence-electron chi connectivity index (χ0n) is 17.7. The largest absolute Gasteiger partial charge is 0.496 e. The number of methoxy groups -OCH3 is 1. The molecule has 0 saturated carbocycles. The maximum absolute atomic E-state index is 13.5. The molecule has 2 aromatic heterocycles. The molecular weight excluding hydrogens is 432 g/mol. The van der Waals surface area contributed by atoms with Crippen LogP contribution in [0.25, 0.3) is 6.08 Å². The van der Waals surface area contributed by atoms with Gasteiger partial charge in [-0.3, -0.25) is 9.36 Å². The summed E-state index contributed by atoms with van der Waals surface area (Å²) < 4.78 is 12.8. The first-order valence-corrected chi connectivity index (χ1v) is 11.5. The van der Waals surface area contributed by atoms with Crippen molar-refractivity contribution in [2.75, 3.05) is 13.7 Å². The van der Waals surface area contributed by atoms with Crippen LogP contribution >= 0.6 is 22.7 Å². The number of hydrogen-bond donors (Lipinski definition) is 0. The number of aryl methyl sites for hydroxylation is 1. The lowest BCUT2D eigenvalue weighted by molar-refractivity contribution is -0.139. The summed E-state index contributed by atoms with van der Waals surface area (Å²) in [7, 11) is 1.63. The van der Waals surface area contributed by atoms with Gasteiger partial charge in [0.15, 0.2) is 4.80 Å². The molecule has 0 N–H and O–H groups in total. The topological polar surface area (TPSA) is 69.9 Å². The van der Waals surface area contributed by atoms with E-state index in [0.29, 0.717) is 20.6 Å². The van der Waals surface area contributed by atoms with Crippen molar-refractivity contribution in [1.29, 1.82) is 0 Å². The van der Waals surface area contributed by atoms with Crippen LogP contribution in [0.15, 0.2) is 56.8 Å². The molecule has 0 aliphatic carbocycles. The van der Waals surface area contributed by atoms with E-state index >= 15 is 0 Å². The minimum Gasteiger partial charge on any atom is -0.496 e. The number of rotatable bonds is 5. The highest BCUT2D eigenvalue weighted by atomic mass is 32.1. The van der Waals surface area contributed by atoms with E-state index < -0.39 is 12.0 Å². The lowest BCUT2D eigenvalue weighted by atomic mass is 10.0. The fraction of sp³-hybridized carbons (Fsp3) is 0.261. The normalized spacial score (nSPS) is 16.1. The number of carbonyl (C=O) groups is 1. The quantitative estimate of drug-likeness (QED) is 0.556. The molecular formula is C23H22N2O4S2. The Morgan fingerprint density at radius 1 is 1.29 bits per heavy atom. The first kappa shape index (κ1) is 21.3. The zero-order chi connectivity index (χ0) is 22.1. The van der Waals surface area contributed by atoms with Gasteiger partial charge in [-0.05, 0) is 55.5 Å². The van der Waals surface area contributed by atoms with E-state index in [1.165, 1.54) is 22.7 Å². The smallest absolute Gasteiger partial charge is 0.338 e. The highest BCUT2D eigenvalue weighted by molar-refractivity contribution is 7.10. The maximum Gasteiger partial charge on any atom is 0.338 e. The lowest BCUT2D eigenvalue weighted by Crippen LogP contribution is -2.39. The van der Waals surface area contributed by atoms with Gasteiger partial charge >= 0.3 is 5.97 Å². The average Bonchev–Trinajstić information content (AvgIpc) is 3.37. The Balaban J connectivity index is 1.92. The number of hydrogen-bond acceptors (Lipinski definition) is 7. The van der Waals surface area contributed by atoms with Gasteiger partial charge in [0.05, 0.1) is 29.5 Å². The number of esters is 1. The number of fused-ring (bicyclic) bond motifs is 1. The SMILES string of the molecule is CCOC(=O)C1=C(C)N=c2s/c(=C\c3ccc(C)c(OC)c3)c(=O)n2[C@@H]1c1cccs1. The Hall–Kier alpha value is -2.97. The molecule has 0 amide bonds. The number of carbonyl (C=O) groups excluding carboxylic acids is 1. The molecule has 0 bridgehead atoms. The molecule has 8 heteroatoms. The molecule has 0 radical (unpaired) electrons. The first-order chi connectivity index (χ1) is 14.9. The predicted molar refractivity (Wildman–Crippen MR) is 122 cm³/mol. The average molecular weight is 455 g/mol. The first-order valence-electron chi connectivity index (χ1n) is 9.82. The number of benzene rings is 1. The van der Waals surface area contributed by atoms with E-state index in [2.05, 4.69) is 4.99 Å². The Labute approximate surface area is 187 Å². The van der Waals surface area contributed by atoms with Crippen LogP contribution in [0.5, 0.6) is 5.75 Å². The summed E-state index contributed by atoms with van der Waals surface area (Å²) in [5.74, 6) is 0.318. The fourth-order valence-electron chi connectivity index (χ4n) is 3.59. The van der Waals surface area contributed by atoms with Gasteiger partial charge in [-0.15, -0.1) is 11.3 Å². The molecule has 1 atom stereocenters. The summed E-state index contributed by atoms with van der Waals surface area (Å²) in [5, 5.41) is 1.93. The van der Waals surface area contributed by atoms with Crippen molar-refractivity contribution in [3.8, 4) is 5.75 Å². The van der Waals surface area contributed by atoms with E-state index in [1.54, 1.807) is 25.5 Å². The van der Waals surface area contributed by atoms with Crippen molar-refractivity contribution >= 4 is 34.7 Å². The van der Waals surface area contributed by atoms with Gasteiger partial charge in [0.25, 0.3) is 5.56 Å². The molecule has 3 heterocycles.